The van der Waals surface area contributed by atoms with Crippen LogP contribution in [-0.4, -0.2) is 62.1 Å². The van der Waals surface area contributed by atoms with E-state index in [1.807, 2.05) is 0 Å². The van der Waals surface area contributed by atoms with Gasteiger partial charge in [0, 0.05) is 13.2 Å². The molecule has 0 aliphatic heterocycles. The van der Waals surface area contributed by atoms with Gasteiger partial charge in [0.25, 0.3) is 0 Å². The summed E-state index contributed by atoms with van der Waals surface area (Å²) in [5.41, 5.74) is 1.58. The number of phenolic OH excluding ortho intramolecular Hbond substituents is 2. The molecule has 2 rings (SSSR count). The first-order valence-corrected chi connectivity index (χ1v) is 9.51. The lowest BCUT2D eigenvalue weighted by Gasteiger charge is -2.25. The van der Waals surface area contributed by atoms with Crippen LogP contribution in [0, 0.1) is 11.8 Å². The van der Waals surface area contributed by atoms with Crippen LogP contribution < -0.4 is 18.9 Å². The Balaban J connectivity index is 2.29. The number of hydrogen-bond acceptors (Lipinski definition) is 8. The second-order valence-corrected chi connectivity index (χ2v) is 6.99. The number of rotatable bonds is 11. The molecule has 0 fully saturated rings. The highest BCUT2D eigenvalue weighted by Crippen LogP contribution is 2.40. The highest BCUT2D eigenvalue weighted by molar-refractivity contribution is 5.53. The van der Waals surface area contributed by atoms with E-state index in [9.17, 15) is 20.4 Å². The van der Waals surface area contributed by atoms with Gasteiger partial charge in [0.05, 0.1) is 28.4 Å². The molecule has 0 aromatic heterocycles. The fourth-order valence-corrected chi connectivity index (χ4v) is 3.50. The summed E-state index contributed by atoms with van der Waals surface area (Å²) in [5, 5.41) is 40.2. The first-order chi connectivity index (χ1) is 14.4. The van der Waals surface area contributed by atoms with Gasteiger partial charge in [0.15, 0.2) is 23.0 Å². The van der Waals surface area contributed by atoms with E-state index in [4.69, 9.17) is 18.9 Å². The van der Waals surface area contributed by atoms with Gasteiger partial charge in [-0.2, -0.15) is 0 Å². The van der Waals surface area contributed by atoms with Crippen molar-refractivity contribution in [2.45, 2.75) is 12.8 Å². The first-order valence-electron chi connectivity index (χ1n) is 9.51. The van der Waals surface area contributed by atoms with Gasteiger partial charge >= 0.3 is 0 Å². The minimum Gasteiger partial charge on any atom is -0.502 e. The van der Waals surface area contributed by atoms with Crippen LogP contribution in [0.15, 0.2) is 24.3 Å². The van der Waals surface area contributed by atoms with E-state index in [-0.39, 0.29) is 59.5 Å². The van der Waals surface area contributed by atoms with Crippen molar-refractivity contribution < 1.29 is 39.4 Å². The zero-order chi connectivity index (χ0) is 22.3. The Morgan fingerprint density at radius 2 is 0.867 bits per heavy atom. The number of aromatic hydroxyl groups is 2. The third-order valence-electron chi connectivity index (χ3n) is 5.21. The number of benzene rings is 2. The van der Waals surface area contributed by atoms with Crippen molar-refractivity contribution in [1.29, 1.82) is 0 Å². The predicted octanol–water partition coefficient (Wildman–Crippen LogP) is 2.13. The summed E-state index contributed by atoms with van der Waals surface area (Å²) >= 11 is 0. The highest BCUT2D eigenvalue weighted by Gasteiger charge is 2.24. The molecular weight excluding hydrogens is 392 g/mol. The predicted molar refractivity (Wildman–Crippen MR) is 111 cm³/mol. The van der Waals surface area contributed by atoms with Gasteiger partial charge in [-0.15, -0.1) is 0 Å². The number of phenols is 2. The molecular formula is C22H30O8. The van der Waals surface area contributed by atoms with Crippen LogP contribution in [0.2, 0.25) is 0 Å². The molecule has 0 radical (unpaired) electrons. The molecule has 0 amide bonds. The molecule has 0 saturated heterocycles. The lowest BCUT2D eigenvalue weighted by atomic mass is 9.83. The third kappa shape index (κ3) is 5.20. The van der Waals surface area contributed by atoms with Crippen LogP contribution in [0.5, 0.6) is 34.5 Å². The van der Waals surface area contributed by atoms with Crippen molar-refractivity contribution in [3.05, 3.63) is 35.4 Å². The Morgan fingerprint density at radius 3 is 1.07 bits per heavy atom. The molecule has 0 unspecified atom stereocenters. The topological polar surface area (TPSA) is 118 Å². The Labute approximate surface area is 176 Å². The van der Waals surface area contributed by atoms with E-state index >= 15 is 0 Å². The molecule has 8 nitrogen and oxygen atoms in total. The SMILES string of the molecule is COc1cc(C[C@H](CO)[C@@H](CO)Cc2cc(OC)c(O)c(OC)c2)cc(OC)c1O. The number of aliphatic hydroxyl groups excluding tert-OH is 2. The van der Waals surface area contributed by atoms with Crippen LogP contribution >= 0.6 is 0 Å². The maximum Gasteiger partial charge on any atom is 0.200 e. The first kappa shape index (κ1) is 23.4. The standard InChI is InChI=1S/C22H30O8/c1-27-17-7-13(8-18(28-2)21(17)25)5-15(11-23)16(12-24)6-14-9-19(29-3)22(26)20(10-14)30-4/h7-10,15-16,23-26H,5-6,11-12H2,1-4H3/t15-,16-/m1/s1. The van der Waals surface area contributed by atoms with Crippen LogP contribution in [0.4, 0.5) is 0 Å². The van der Waals surface area contributed by atoms with E-state index in [1.54, 1.807) is 24.3 Å². The maximum absolute atomic E-state index is 10.1. The lowest BCUT2D eigenvalue weighted by molar-refractivity contribution is 0.119. The lowest BCUT2D eigenvalue weighted by Crippen LogP contribution is -2.26. The monoisotopic (exact) mass is 422 g/mol. The van der Waals surface area contributed by atoms with E-state index < -0.39 is 0 Å². The van der Waals surface area contributed by atoms with Crippen molar-refractivity contribution in [2.75, 3.05) is 41.7 Å². The summed E-state index contributed by atoms with van der Waals surface area (Å²) in [6, 6.07) is 6.73. The maximum atomic E-state index is 10.1. The van der Waals surface area contributed by atoms with Crippen molar-refractivity contribution in [2.24, 2.45) is 11.8 Å². The summed E-state index contributed by atoms with van der Waals surface area (Å²) in [4.78, 5) is 0. The number of hydrogen-bond donors (Lipinski definition) is 4. The number of methoxy groups -OCH3 is 4. The van der Waals surface area contributed by atoms with Gasteiger partial charge in [-0.3, -0.25) is 0 Å². The zero-order valence-corrected chi connectivity index (χ0v) is 17.7. The van der Waals surface area contributed by atoms with Gasteiger partial charge in [-0.1, -0.05) is 0 Å². The molecule has 2 aromatic carbocycles. The molecule has 30 heavy (non-hydrogen) atoms. The van der Waals surface area contributed by atoms with Crippen LogP contribution in [0.3, 0.4) is 0 Å². The molecule has 0 saturated carbocycles. The summed E-state index contributed by atoms with van der Waals surface area (Å²) in [7, 11) is 5.79. The van der Waals surface area contributed by atoms with E-state index in [1.165, 1.54) is 28.4 Å². The minimum absolute atomic E-state index is 0.0914. The van der Waals surface area contributed by atoms with Gasteiger partial charge in [-0.25, -0.2) is 0 Å². The summed E-state index contributed by atoms with van der Waals surface area (Å²) in [5.74, 6) is 0.352. The van der Waals surface area contributed by atoms with E-state index in [2.05, 4.69) is 0 Å². The molecule has 2 atom stereocenters. The molecule has 2 aromatic rings. The second-order valence-electron chi connectivity index (χ2n) is 6.99. The zero-order valence-electron chi connectivity index (χ0n) is 17.7. The van der Waals surface area contributed by atoms with Crippen LogP contribution in [0.1, 0.15) is 11.1 Å². The smallest absolute Gasteiger partial charge is 0.200 e. The molecule has 166 valence electrons. The Morgan fingerprint density at radius 1 is 0.600 bits per heavy atom. The van der Waals surface area contributed by atoms with Gasteiger partial charge < -0.3 is 39.4 Å². The molecule has 4 N–H and O–H groups in total. The number of aliphatic hydroxyl groups is 2. The van der Waals surface area contributed by atoms with Crippen LogP contribution in [-0.2, 0) is 12.8 Å². The van der Waals surface area contributed by atoms with Crippen molar-refractivity contribution in [1.82, 2.24) is 0 Å². The Kier molecular flexibility index (Phi) is 8.44. The Hall–Kier alpha value is -2.84. The van der Waals surface area contributed by atoms with Crippen molar-refractivity contribution >= 4 is 0 Å². The minimum atomic E-state index is -0.278. The molecule has 0 bridgehead atoms. The largest absolute Gasteiger partial charge is 0.502 e. The van der Waals surface area contributed by atoms with Gasteiger partial charge in [0.1, 0.15) is 0 Å². The molecule has 0 aliphatic carbocycles. The second kappa shape index (κ2) is 10.8. The highest BCUT2D eigenvalue weighted by atomic mass is 16.5. The molecule has 0 spiro atoms. The fourth-order valence-electron chi connectivity index (χ4n) is 3.50. The quantitative estimate of drug-likeness (QED) is 0.435. The summed E-state index contributed by atoms with van der Waals surface area (Å²) < 4.78 is 20.8. The molecule has 0 aliphatic rings. The van der Waals surface area contributed by atoms with E-state index in [0.717, 1.165) is 11.1 Å². The van der Waals surface area contributed by atoms with Gasteiger partial charge in [-0.05, 0) is 60.1 Å². The molecule has 0 heterocycles. The normalized spacial score (nSPS) is 12.9. The van der Waals surface area contributed by atoms with Crippen molar-refractivity contribution in [3.8, 4) is 34.5 Å². The van der Waals surface area contributed by atoms with Crippen LogP contribution in [0.25, 0.3) is 0 Å². The summed E-state index contributed by atoms with van der Waals surface area (Å²) in [6.45, 7) is -0.299. The van der Waals surface area contributed by atoms with Crippen molar-refractivity contribution in [3.63, 3.8) is 0 Å². The Bertz CT molecular complexity index is 716. The van der Waals surface area contributed by atoms with E-state index in [0.29, 0.717) is 12.8 Å². The molecule has 8 heteroatoms. The number of ether oxygens (including phenoxy) is 4. The summed E-state index contributed by atoms with van der Waals surface area (Å²) in [6.07, 6.45) is 0.863. The third-order valence-corrected chi connectivity index (χ3v) is 5.21. The van der Waals surface area contributed by atoms with Gasteiger partial charge in [0.2, 0.25) is 11.5 Å². The average molecular weight is 422 g/mol. The fraction of sp³-hybridized carbons (Fsp3) is 0.455. The average Bonchev–Trinajstić information content (AvgIpc) is 2.77.